The molecular formula is C27H23ClF3N5O2S. The SMILES string of the molecule is O=C(NCCCC(=O)N1CCc2nc(-c3ccccc3Cl)sc2C1)c1cn(-c2ccccc2)nc1C(F)(F)F. The number of fused-ring (bicyclic) bond motifs is 1. The molecule has 7 nitrogen and oxygen atoms in total. The molecule has 0 radical (unpaired) electrons. The van der Waals surface area contributed by atoms with Gasteiger partial charge in [-0.2, -0.15) is 18.3 Å². The third-order valence-corrected chi connectivity index (χ3v) is 7.73. The molecule has 0 saturated carbocycles. The number of carbonyl (C=O) groups is 2. The molecular weight excluding hydrogens is 551 g/mol. The first kappa shape index (κ1) is 26.9. The predicted molar refractivity (Wildman–Crippen MR) is 142 cm³/mol. The molecule has 39 heavy (non-hydrogen) atoms. The Labute approximate surface area is 231 Å². The fourth-order valence-electron chi connectivity index (χ4n) is 4.32. The highest BCUT2D eigenvalue weighted by atomic mass is 35.5. The second-order valence-electron chi connectivity index (χ2n) is 8.96. The van der Waals surface area contributed by atoms with Gasteiger partial charge in [-0.1, -0.05) is 48.0 Å². The van der Waals surface area contributed by atoms with E-state index >= 15 is 0 Å². The molecule has 2 amide bonds. The molecule has 1 aliphatic rings. The minimum Gasteiger partial charge on any atom is -0.352 e. The quantitative estimate of drug-likeness (QED) is 0.285. The molecule has 0 bridgehead atoms. The van der Waals surface area contributed by atoms with Crippen LogP contribution in [0, 0.1) is 0 Å². The van der Waals surface area contributed by atoms with Gasteiger partial charge in [-0.3, -0.25) is 9.59 Å². The number of nitrogens with one attached hydrogen (secondary N) is 1. The van der Waals surface area contributed by atoms with E-state index in [1.54, 1.807) is 35.2 Å². The molecule has 0 fully saturated rings. The second-order valence-corrected chi connectivity index (χ2v) is 10.5. The number of nitrogens with zero attached hydrogens (tertiary/aromatic N) is 4. The van der Waals surface area contributed by atoms with Gasteiger partial charge < -0.3 is 10.2 Å². The van der Waals surface area contributed by atoms with E-state index in [2.05, 4.69) is 10.4 Å². The van der Waals surface area contributed by atoms with Crippen LogP contribution in [-0.4, -0.2) is 44.6 Å². The topological polar surface area (TPSA) is 80.1 Å². The van der Waals surface area contributed by atoms with Crippen molar-refractivity contribution in [3.05, 3.63) is 87.6 Å². The van der Waals surface area contributed by atoms with E-state index in [4.69, 9.17) is 16.6 Å². The van der Waals surface area contributed by atoms with Gasteiger partial charge >= 0.3 is 6.18 Å². The molecule has 0 saturated heterocycles. The number of hydrogen-bond acceptors (Lipinski definition) is 5. The van der Waals surface area contributed by atoms with Gasteiger partial charge in [0.25, 0.3) is 5.91 Å². The number of carbonyl (C=O) groups excluding carboxylic acids is 2. The first-order valence-corrected chi connectivity index (χ1v) is 13.4. The number of benzene rings is 2. The summed E-state index contributed by atoms with van der Waals surface area (Å²) in [6.07, 6.45) is -2.66. The lowest BCUT2D eigenvalue weighted by Gasteiger charge is -2.26. The largest absolute Gasteiger partial charge is 0.435 e. The number of hydrogen-bond donors (Lipinski definition) is 1. The van der Waals surface area contributed by atoms with E-state index < -0.39 is 23.3 Å². The third kappa shape index (κ3) is 5.99. The van der Waals surface area contributed by atoms with E-state index in [0.29, 0.717) is 30.2 Å². The Balaban J connectivity index is 1.16. The highest BCUT2D eigenvalue weighted by Crippen LogP contribution is 2.35. The van der Waals surface area contributed by atoms with Gasteiger partial charge in [0.05, 0.1) is 28.5 Å². The number of alkyl halides is 3. The molecule has 1 aliphatic heterocycles. The van der Waals surface area contributed by atoms with Crippen LogP contribution in [0.5, 0.6) is 0 Å². The zero-order valence-electron chi connectivity index (χ0n) is 20.5. The van der Waals surface area contributed by atoms with Crippen molar-refractivity contribution in [2.45, 2.75) is 32.0 Å². The van der Waals surface area contributed by atoms with Gasteiger partial charge in [0.1, 0.15) is 5.01 Å². The summed E-state index contributed by atoms with van der Waals surface area (Å²) >= 11 is 7.82. The highest BCUT2D eigenvalue weighted by molar-refractivity contribution is 7.15. The number of halogens is 4. The summed E-state index contributed by atoms with van der Waals surface area (Å²) in [4.78, 5) is 32.9. The van der Waals surface area contributed by atoms with Crippen LogP contribution in [0.15, 0.2) is 60.8 Å². The maximum absolute atomic E-state index is 13.5. The summed E-state index contributed by atoms with van der Waals surface area (Å²) in [6, 6.07) is 15.7. The van der Waals surface area contributed by atoms with Crippen LogP contribution in [0.2, 0.25) is 5.02 Å². The van der Waals surface area contributed by atoms with Crippen molar-refractivity contribution in [1.29, 1.82) is 0 Å². The maximum Gasteiger partial charge on any atom is 0.435 e. The number of para-hydroxylation sites is 1. The smallest absolute Gasteiger partial charge is 0.352 e. The molecule has 2 aromatic carbocycles. The lowest BCUT2D eigenvalue weighted by atomic mass is 10.1. The summed E-state index contributed by atoms with van der Waals surface area (Å²) in [5.41, 5.74) is 0.390. The molecule has 1 N–H and O–H groups in total. The zero-order chi connectivity index (χ0) is 27.6. The van der Waals surface area contributed by atoms with Crippen molar-refractivity contribution < 1.29 is 22.8 Å². The van der Waals surface area contributed by atoms with Crippen molar-refractivity contribution in [2.24, 2.45) is 0 Å². The highest BCUT2D eigenvalue weighted by Gasteiger charge is 2.39. The lowest BCUT2D eigenvalue weighted by Crippen LogP contribution is -2.36. The van der Waals surface area contributed by atoms with Crippen LogP contribution < -0.4 is 5.32 Å². The van der Waals surface area contributed by atoms with E-state index in [1.165, 1.54) is 11.3 Å². The average Bonchev–Trinajstić information content (AvgIpc) is 3.56. The third-order valence-electron chi connectivity index (χ3n) is 6.29. The molecule has 0 aliphatic carbocycles. The Kier molecular flexibility index (Phi) is 7.72. The number of aromatic nitrogens is 3. The Morgan fingerprint density at radius 2 is 1.82 bits per heavy atom. The minimum atomic E-state index is -4.79. The zero-order valence-corrected chi connectivity index (χ0v) is 22.1. The van der Waals surface area contributed by atoms with Gasteiger partial charge in [-0.15, -0.1) is 11.3 Å². The summed E-state index contributed by atoms with van der Waals surface area (Å²) in [7, 11) is 0. The molecule has 0 spiro atoms. The number of thiazole rings is 1. The number of rotatable bonds is 7. The minimum absolute atomic E-state index is 0.0503. The molecule has 12 heteroatoms. The van der Waals surface area contributed by atoms with Crippen LogP contribution in [0.1, 0.15) is 39.5 Å². The second kappa shape index (κ2) is 11.2. The van der Waals surface area contributed by atoms with E-state index in [0.717, 1.165) is 32.0 Å². The van der Waals surface area contributed by atoms with Gasteiger partial charge in [-0.25, -0.2) is 9.67 Å². The lowest BCUT2D eigenvalue weighted by molar-refractivity contribution is -0.141. The predicted octanol–water partition coefficient (Wildman–Crippen LogP) is 5.76. The van der Waals surface area contributed by atoms with Crippen molar-refractivity contribution in [2.75, 3.05) is 13.1 Å². The summed E-state index contributed by atoms with van der Waals surface area (Å²) < 4.78 is 41.7. The Morgan fingerprint density at radius 1 is 1.08 bits per heavy atom. The fourth-order valence-corrected chi connectivity index (χ4v) is 5.76. The normalized spacial score (nSPS) is 13.3. The Bertz CT molecular complexity index is 1500. The molecule has 0 atom stereocenters. The van der Waals surface area contributed by atoms with Crippen LogP contribution in [-0.2, 0) is 23.9 Å². The van der Waals surface area contributed by atoms with Gasteiger partial charge in [0.15, 0.2) is 5.69 Å². The van der Waals surface area contributed by atoms with Crippen LogP contribution in [0.4, 0.5) is 13.2 Å². The molecule has 2 aromatic heterocycles. The average molecular weight is 574 g/mol. The van der Waals surface area contributed by atoms with Gasteiger partial charge in [-0.05, 0) is 24.6 Å². The van der Waals surface area contributed by atoms with Crippen molar-refractivity contribution in [3.8, 4) is 16.3 Å². The van der Waals surface area contributed by atoms with Gasteiger partial charge in [0, 0.05) is 42.6 Å². The first-order chi connectivity index (χ1) is 18.7. The van der Waals surface area contributed by atoms with Crippen molar-refractivity contribution in [3.63, 3.8) is 0 Å². The molecule has 3 heterocycles. The van der Waals surface area contributed by atoms with Crippen molar-refractivity contribution in [1.82, 2.24) is 25.0 Å². The Hall–Kier alpha value is -3.70. The summed E-state index contributed by atoms with van der Waals surface area (Å²) in [5.74, 6) is -0.980. The molecule has 202 valence electrons. The molecule has 0 unspecified atom stereocenters. The Morgan fingerprint density at radius 3 is 2.56 bits per heavy atom. The standard InChI is InChI=1S/C27H23ClF3N5O2S/c28-20-10-5-4-9-18(20)26-33-21-12-14-35(16-22(21)39-26)23(37)11-6-13-32-25(38)19-15-36(17-7-2-1-3-8-17)34-24(19)27(29,30)31/h1-5,7-10,15H,6,11-14,16H2,(H,32,38). The fraction of sp³-hybridized carbons (Fsp3) is 0.259. The summed E-state index contributed by atoms with van der Waals surface area (Å²) in [6.45, 7) is 1.02. The monoisotopic (exact) mass is 573 g/mol. The van der Waals surface area contributed by atoms with Crippen LogP contribution in [0.25, 0.3) is 16.3 Å². The summed E-state index contributed by atoms with van der Waals surface area (Å²) in [5, 5.41) is 7.52. The molecule has 4 aromatic rings. The maximum atomic E-state index is 13.5. The first-order valence-electron chi connectivity index (χ1n) is 12.2. The van der Waals surface area contributed by atoms with Crippen LogP contribution >= 0.6 is 22.9 Å². The van der Waals surface area contributed by atoms with Gasteiger partial charge in [0.2, 0.25) is 5.91 Å². The van der Waals surface area contributed by atoms with E-state index in [-0.39, 0.29) is 25.3 Å². The number of amides is 2. The molecule has 5 rings (SSSR count). The van der Waals surface area contributed by atoms with E-state index in [1.807, 2.05) is 24.3 Å². The van der Waals surface area contributed by atoms with E-state index in [9.17, 15) is 22.8 Å². The van der Waals surface area contributed by atoms with Crippen molar-refractivity contribution >= 4 is 34.8 Å². The van der Waals surface area contributed by atoms with Crippen LogP contribution in [0.3, 0.4) is 0 Å².